The smallest absolute Gasteiger partial charge is 0.317 e. The molecule has 0 saturated carbocycles. The SMILES string of the molecule is CCOC(=O)C1(COc2ccc(-c3ccc(Cl)cn3)cc2)CCN(C(=O)c2ccc(OC)cc2)C1. The Morgan fingerprint density at radius 3 is 2.37 bits per heavy atom. The highest BCUT2D eigenvalue weighted by Crippen LogP contribution is 2.34. The number of aromatic nitrogens is 1. The molecule has 8 heteroatoms. The average Bonchev–Trinajstić information content (AvgIpc) is 3.34. The Bertz CT molecular complexity index is 1170. The number of hydrogen-bond acceptors (Lipinski definition) is 6. The van der Waals surface area contributed by atoms with Crippen molar-refractivity contribution in [1.29, 1.82) is 0 Å². The number of esters is 1. The first-order valence-corrected chi connectivity index (χ1v) is 11.8. The van der Waals surface area contributed by atoms with E-state index in [4.69, 9.17) is 25.8 Å². The van der Waals surface area contributed by atoms with Crippen molar-refractivity contribution in [2.45, 2.75) is 13.3 Å². The van der Waals surface area contributed by atoms with Gasteiger partial charge in [-0.25, -0.2) is 0 Å². The first kappa shape index (κ1) is 24.5. The summed E-state index contributed by atoms with van der Waals surface area (Å²) in [6.07, 6.45) is 2.06. The zero-order valence-electron chi connectivity index (χ0n) is 19.7. The van der Waals surface area contributed by atoms with E-state index in [9.17, 15) is 9.59 Å². The van der Waals surface area contributed by atoms with E-state index in [0.29, 0.717) is 35.1 Å². The molecule has 3 aromatic rings. The molecule has 0 radical (unpaired) electrons. The molecule has 1 unspecified atom stereocenters. The third-order valence-corrected chi connectivity index (χ3v) is 6.30. The fourth-order valence-corrected chi connectivity index (χ4v) is 4.19. The molecule has 2 heterocycles. The molecular formula is C27H27ClN2O5. The zero-order valence-corrected chi connectivity index (χ0v) is 20.5. The van der Waals surface area contributed by atoms with Gasteiger partial charge in [0.1, 0.15) is 23.5 Å². The van der Waals surface area contributed by atoms with Crippen molar-refractivity contribution in [2.75, 3.05) is 33.4 Å². The fraction of sp³-hybridized carbons (Fsp3) is 0.296. The van der Waals surface area contributed by atoms with Crippen molar-refractivity contribution in [3.8, 4) is 22.8 Å². The Morgan fingerprint density at radius 2 is 1.74 bits per heavy atom. The normalized spacial score (nSPS) is 17.2. The number of likely N-dealkylation sites (tertiary alicyclic amines) is 1. The summed E-state index contributed by atoms with van der Waals surface area (Å²) in [5, 5.41) is 0.578. The van der Waals surface area contributed by atoms with Crippen LogP contribution in [0.15, 0.2) is 66.9 Å². The van der Waals surface area contributed by atoms with Gasteiger partial charge in [0.25, 0.3) is 5.91 Å². The Kier molecular flexibility index (Phi) is 7.56. The molecule has 7 nitrogen and oxygen atoms in total. The number of amides is 1. The van der Waals surface area contributed by atoms with Crippen molar-refractivity contribution in [3.05, 3.63) is 77.4 Å². The summed E-state index contributed by atoms with van der Waals surface area (Å²) < 4.78 is 16.6. The molecule has 1 aromatic heterocycles. The minimum absolute atomic E-state index is 0.108. The summed E-state index contributed by atoms with van der Waals surface area (Å²) in [7, 11) is 1.58. The van der Waals surface area contributed by atoms with Gasteiger partial charge in [-0.15, -0.1) is 0 Å². The number of rotatable bonds is 8. The van der Waals surface area contributed by atoms with E-state index in [-0.39, 0.29) is 31.6 Å². The molecule has 0 aliphatic carbocycles. The van der Waals surface area contributed by atoms with Gasteiger partial charge >= 0.3 is 5.97 Å². The number of halogens is 1. The number of pyridine rings is 1. The third-order valence-electron chi connectivity index (χ3n) is 6.08. The predicted octanol–water partition coefficient (Wildman–Crippen LogP) is 4.89. The molecule has 1 amide bonds. The Balaban J connectivity index is 1.46. The van der Waals surface area contributed by atoms with Crippen LogP contribution in [0.2, 0.25) is 5.02 Å². The van der Waals surface area contributed by atoms with Gasteiger partial charge in [-0.1, -0.05) is 11.6 Å². The summed E-state index contributed by atoms with van der Waals surface area (Å²) in [4.78, 5) is 32.0. The first-order valence-electron chi connectivity index (χ1n) is 11.4. The van der Waals surface area contributed by atoms with Crippen LogP contribution in [0.3, 0.4) is 0 Å². The van der Waals surface area contributed by atoms with Crippen molar-refractivity contribution in [3.63, 3.8) is 0 Å². The first-order chi connectivity index (χ1) is 16.9. The summed E-state index contributed by atoms with van der Waals surface area (Å²) in [5.74, 6) is 0.798. The summed E-state index contributed by atoms with van der Waals surface area (Å²) in [5.41, 5.74) is 1.32. The molecule has 0 spiro atoms. The van der Waals surface area contributed by atoms with Crippen LogP contribution in [0.4, 0.5) is 0 Å². The van der Waals surface area contributed by atoms with Crippen LogP contribution in [0, 0.1) is 5.41 Å². The fourth-order valence-electron chi connectivity index (χ4n) is 4.08. The quantitative estimate of drug-likeness (QED) is 0.415. The number of nitrogens with zero attached hydrogens (tertiary/aromatic N) is 2. The summed E-state index contributed by atoms with van der Waals surface area (Å²) in [6.45, 7) is 2.80. The number of benzene rings is 2. The monoisotopic (exact) mass is 494 g/mol. The average molecular weight is 495 g/mol. The zero-order chi connectivity index (χ0) is 24.8. The van der Waals surface area contributed by atoms with Crippen LogP contribution in [0.25, 0.3) is 11.3 Å². The minimum Gasteiger partial charge on any atom is -0.497 e. The van der Waals surface area contributed by atoms with Gasteiger partial charge in [0.15, 0.2) is 0 Å². The molecule has 1 aliphatic rings. The lowest BCUT2D eigenvalue weighted by Crippen LogP contribution is -2.42. The lowest BCUT2D eigenvalue weighted by molar-refractivity contribution is -0.156. The Labute approximate surface area is 209 Å². The molecule has 1 fully saturated rings. The van der Waals surface area contributed by atoms with Crippen LogP contribution < -0.4 is 9.47 Å². The molecular weight excluding hydrogens is 468 g/mol. The Morgan fingerprint density at radius 1 is 1.03 bits per heavy atom. The van der Waals surface area contributed by atoms with E-state index in [0.717, 1.165) is 11.3 Å². The summed E-state index contributed by atoms with van der Waals surface area (Å²) >= 11 is 5.92. The van der Waals surface area contributed by atoms with Gasteiger partial charge < -0.3 is 19.1 Å². The molecule has 1 aliphatic heterocycles. The number of ether oxygens (including phenoxy) is 3. The second-order valence-corrected chi connectivity index (χ2v) is 8.82. The number of carbonyl (C=O) groups excluding carboxylic acids is 2. The molecule has 1 atom stereocenters. The highest BCUT2D eigenvalue weighted by atomic mass is 35.5. The van der Waals surface area contributed by atoms with Crippen molar-refractivity contribution >= 4 is 23.5 Å². The second kappa shape index (κ2) is 10.8. The Hall–Kier alpha value is -3.58. The minimum atomic E-state index is -0.936. The molecule has 0 bridgehead atoms. The maximum atomic E-state index is 13.1. The topological polar surface area (TPSA) is 78.0 Å². The highest BCUT2D eigenvalue weighted by Gasteiger charge is 2.48. The molecule has 0 N–H and O–H groups in total. The van der Waals surface area contributed by atoms with Crippen LogP contribution in [0.5, 0.6) is 11.5 Å². The number of hydrogen-bond donors (Lipinski definition) is 0. The predicted molar refractivity (Wildman–Crippen MR) is 133 cm³/mol. The van der Waals surface area contributed by atoms with Gasteiger partial charge in [0.2, 0.25) is 0 Å². The van der Waals surface area contributed by atoms with Crippen molar-refractivity contribution in [2.24, 2.45) is 5.41 Å². The van der Waals surface area contributed by atoms with Crippen molar-refractivity contribution in [1.82, 2.24) is 9.88 Å². The van der Waals surface area contributed by atoms with E-state index in [1.54, 1.807) is 55.5 Å². The summed E-state index contributed by atoms with van der Waals surface area (Å²) in [6, 6.07) is 18.0. The molecule has 182 valence electrons. The molecule has 2 aromatic carbocycles. The lowest BCUT2D eigenvalue weighted by atomic mass is 9.88. The lowest BCUT2D eigenvalue weighted by Gasteiger charge is -2.27. The van der Waals surface area contributed by atoms with Gasteiger partial charge in [0.05, 0.1) is 24.4 Å². The maximum absolute atomic E-state index is 13.1. The molecule has 35 heavy (non-hydrogen) atoms. The number of methoxy groups -OCH3 is 1. The van der Waals surface area contributed by atoms with Gasteiger partial charge in [-0.3, -0.25) is 14.6 Å². The highest BCUT2D eigenvalue weighted by molar-refractivity contribution is 6.30. The van der Waals surface area contributed by atoms with Gasteiger partial charge in [-0.2, -0.15) is 0 Å². The van der Waals surface area contributed by atoms with Crippen LogP contribution in [-0.2, 0) is 9.53 Å². The number of carbonyl (C=O) groups is 2. The van der Waals surface area contributed by atoms with Crippen LogP contribution in [-0.4, -0.2) is 55.2 Å². The van der Waals surface area contributed by atoms with Gasteiger partial charge in [0, 0.05) is 30.4 Å². The van der Waals surface area contributed by atoms with E-state index in [1.165, 1.54) is 0 Å². The molecule has 4 rings (SSSR count). The van der Waals surface area contributed by atoms with Crippen LogP contribution in [0.1, 0.15) is 23.7 Å². The van der Waals surface area contributed by atoms with E-state index >= 15 is 0 Å². The maximum Gasteiger partial charge on any atom is 0.317 e. The second-order valence-electron chi connectivity index (χ2n) is 8.38. The van der Waals surface area contributed by atoms with Gasteiger partial charge in [-0.05, 0) is 74.0 Å². The standard InChI is InChI=1S/C27H27ClN2O5/c1-3-34-26(32)27(14-15-30(17-27)25(31)20-6-9-22(33-2)10-7-20)18-35-23-11-4-19(5-12-23)24-13-8-21(28)16-29-24/h4-13,16H,3,14-15,17-18H2,1-2H3. The van der Waals surface area contributed by atoms with Crippen LogP contribution >= 0.6 is 11.6 Å². The van der Waals surface area contributed by atoms with E-state index in [1.807, 2.05) is 30.3 Å². The third kappa shape index (κ3) is 5.57. The molecule has 1 saturated heterocycles. The van der Waals surface area contributed by atoms with Crippen molar-refractivity contribution < 1.29 is 23.8 Å². The van der Waals surface area contributed by atoms with E-state index < -0.39 is 5.41 Å². The van der Waals surface area contributed by atoms with E-state index in [2.05, 4.69) is 4.98 Å². The largest absolute Gasteiger partial charge is 0.497 e.